The van der Waals surface area contributed by atoms with E-state index in [-0.39, 0.29) is 5.56 Å². The summed E-state index contributed by atoms with van der Waals surface area (Å²) in [5, 5.41) is 12.5. The van der Waals surface area contributed by atoms with Crippen LogP contribution in [0.25, 0.3) is 0 Å². The lowest BCUT2D eigenvalue weighted by Gasteiger charge is -2.41. The van der Waals surface area contributed by atoms with E-state index >= 15 is 0 Å². The summed E-state index contributed by atoms with van der Waals surface area (Å²) in [6.07, 6.45) is 3.54. The number of nitrogens with one attached hydrogen (secondary N) is 1. The van der Waals surface area contributed by atoms with Gasteiger partial charge >= 0.3 is 0 Å². The van der Waals surface area contributed by atoms with Crippen molar-refractivity contribution in [2.24, 2.45) is 4.99 Å². The van der Waals surface area contributed by atoms with Gasteiger partial charge in [-0.25, -0.2) is 13.8 Å². The summed E-state index contributed by atoms with van der Waals surface area (Å²) in [6, 6.07) is 8.37. The minimum absolute atomic E-state index is 0.0345. The van der Waals surface area contributed by atoms with Crippen LogP contribution in [0.1, 0.15) is 33.3 Å². The number of anilines is 1. The first-order chi connectivity index (χ1) is 13.6. The van der Waals surface area contributed by atoms with Gasteiger partial charge in [-0.1, -0.05) is 24.8 Å². The normalized spacial score (nSPS) is 16.7. The van der Waals surface area contributed by atoms with Gasteiger partial charge in [0.25, 0.3) is 5.92 Å². The zero-order valence-electron chi connectivity index (χ0n) is 17.5. The molecule has 0 spiro atoms. The number of hydrogen-bond donors (Lipinski definition) is 1. The van der Waals surface area contributed by atoms with Crippen molar-refractivity contribution >= 4 is 11.5 Å². The van der Waals surface area contributed by atoms with Crippen LogP contribution in [0.15, 0.2) is 53.8 Å². The Morgan fingerprint density at radius 2 is 1.76 bits per heavy atom. The molecular weight excluding hydrogens is 372 g/mol. The molecule has 0 unspecified atom stereocenters. The first kappa shape index (κ1) is 22.6. The van der Waals surface area contributed by atoms with Crippen LogP contribution in [0.5, 0.6) is 0 Å². The highest BCUT2D eigenvalue weighted by molar-refractivity contribution is 6.00. The number of allylic oxidation sites excluding steroid dienone is 1. The number of alkyl halides is 2. The van der Waals surface area contributed by atoms with Gasteiger partial charge in [-0.2, -0.15) is 5.26 Å². The Morgan fingerprint density at radius 1 is 1.17 bits per heavy atom. The summed E-state index contributed by atoms with van der Waals surface area (Å²) in [6.45, 7) is 13.6. The zero-order chi connectivity index (χ0) is 21.7. The highest BCUT2D eigenvalue weighted by atomic mass is 19.3. The Kier molecular flexibility index (Phi) is 7.15. The molecule has 1 aromatic carbocycles. The van der Waals surface area contributed by atoms with Gasteiger partial charge in [0.2, 0.25) is 0 Å². The molecule has 0 amide bonds. The first-order valence-electron chi connectivity index (χ1n) is 9.63. The van der Waals surface area contributed by atoms with Crippen LogP contribution in [0, 0.1) is 11.3 Å². The molecule has 0 atom stereocenters. The third-order valence-electron chi connectivity index (χ3n) is 4.95. The second kappa shape index (κ2) is 9.19. The van der Waals surface area contributed by atoms with Gasteiger partial charge in [0, 0.05) is 50.6 Å². The van der Waals surface area contributed by atoms with Crippen molar-refractivity contribution in [3.63, 3.8) is 0 Å². The summed E-state index contributed by atoms with van der Waals surface area (Å²) >= 11 is 0. The van der Waals surface area contributed by atoms with Crippen molar-refractivity contribution in [1.82, 2.24) is 9.80 Å². The Balaban J connectivity index is 2.11. The van der Waals surface area contributed by atoms with E-state index in [0.29, 0.717) is 30.3 Å². The molecule has 1 N–H and O–H groups in total. The van der Waals surface area contributed by atoms with Gasteiger partial charge in [0.05, 0.1) is 11.8 Å². The molecule has 7 heteroatoms. The second-order valence-electron chi connectivity index (χ2n) is 7.65. The molecule has 2 rings (SSSR count). The molecule has 5 nitrogen and oxygen atoms in total. The minimum atomic E-state index is -2.87. The predicted octanol–water partition coefficient (Wildman–Crippen LogP) is 4.58. The van der Waals surface area contributed by atoms with Gasteiger partial charge in [0.15, 0.2) is 5.84 Å². The summed E-state index contributed by atoms with van der Waals surface area (Å²) in [7, 11) is 0. The standard InChI is InChI=1S/C22H29F2N5/c1-6-11-26-20(28-12-14-29(15-13-28)21(3,4)16-25)17(2)27-19-9-7-18(8-10-19)22(5,23)24/h6-11,27H,2,12-15H2,1,3-5H3/b11-6-,26-20?. The number of nitrogens with zero attached hydrogens (tertiary/aromatic N) is 4. The van der Waals surface area contributed by atoms with E-state index in [1.807, 2.05) is 26.8 Å². The van der Waals surface area contributed by atoms with Crippen molar-refractivity contribution in [2.75, 3.05) is 31.5 Å². The molecule has 29 heavy (non-hydrogen) atoms. The Bertz CT molecular complexity index is 805. The smallest absolute Gasteiger partial charge is 0.270 e. The van der Waals surface area contributed by atoms with E-state index < -0.39 is 11.5 Å². The molecule has 1 fully saturated rings. The molecule has 0 bridgehead atoms. The maximum absolute atomic E-state index is 13.4. The van der Waals surface area contributed by atoms with Crippen LogP contribution in [0.3, 0.4) is 0 Å². The first-order valence-corrected chi connectivity index (χ1v) is 9.63. The molecule has 156 valence electrons. The number of halogens is 2. The molecule has 1 aliphatic rings. The van der Waals surface area contributed by atoms with Crippen molar-refractivity contribution in [3.05, 3.63) is 54.4 Å². The molecule has 1 aromatic rings. The van der Waals surface area contributed by atoms with Crippen molar-refractivity contribution in [1.29, 1.82) is 5.26 Å². The number of benzene rings is 1. The lowest BCUT2D eigenvalue weighted by Crippen LogP contribution is -2.55. The van der Waals surface area contributed by atoms with Crippen LogP contribution in [0.2, 0.25) is 0 Å². The molecule has 1 aliphatic heterocycles. The van der Waals surface area contributed by atoms with Crippen LogP contribution in [-0.4, -0.2) is 47.4 Å². The molecule has 0 saturated carbocycles. The van der Waals surface area contributed by atoms with Gasteiger partial charge in [-0.3, -0.25) is 4.90 Å². The van der Waals surface area contributed by atoms with Crippen molar-refractivity contribution in [3.8, 4) is 6.07 Å². The number of amidine groups is 1. The van der Waals surface area contributed by atoms with Crippen molar-refractivity contribution < 1.29 is 8.78 Å². The Labute approximate surface area is 172 Å². The molecular formula is C22H29F2N5. The minimum Gasteiger partial charge on any atom is -0.353 e. The van der Waals surface area contributed by atoms with E-state index in [4.69, 9.17) is 0 Å². The topological polar surface area (TPSA) is 54.7 Å². The summed E-state index contributed by atoms with van der Waals surface area (Å²) in [5.41, 5.74) is 0.714. The van der Waals surface area contributed by atoms with Crippen molar-refractivity contribution in [2.45, 2.75) is 39.2 Å². The maximum atomic E-state index is 13.4. The summed E-state index contributed by atoms with van der Waals surface area (Å²) < 4.78 is 26.8. The largest absolute Gasteiger partial charge is 0.353 e. The van der Waals surface area contributed by atoms with E-state index in [1.54, 1.807) is 18.3 Å². The molecule has 0 aromatic heterocycles. The highest BCUT2D eigenvalue weighted by Gasteiger charge is 2.31. The Hall–Kier alpha value is -2.72. The second-order valence-corrected chi connectivity index (χ2v) is 7.65. The molecule has 0 radical (unpaired) electrons. The summed E-state index contributed by atoms with van der Waals surface area (Å²) in [4.78, 5) is 8.79. The van der Waals surface area contributed by atoms with Crippen LogP contribution in [0.4, 0.5) is 14.5 Å². The molecule has 1 heterocycles. The van der Waals surface area contributed by atoms with Crippen LogP contribution < -0.4 is 5.32 Å². The fraction of sp³-hybridized carbons (Fsp3) is 0.455. The molecule has 1 saturated heterocycles. The number of hydrogen-bond acceptors (Lipinski definition) is 4. The molecule has 0 aliphatic carbocycles. The van der Waals surface area contributed by atoms with Gasteiger partial charge in [-0.15, -0.1) is 0 Å². The fourth-order valence-electron chi connectivity index (χ4n) is 3.12. The van der Waals surface area contributed by atoms with E-state index in [0.717, 1.165) is 20.0 Å². The van der Waals surface area contributed by atoms with E-state index in [9.17, 15) is 14.0 Å². The Morgan fingerprint density at radius 3 is 2.24 bits per heavy atom. The quantitative estimate of drug-likeness (QED) is 0.560. The van der Waals surface area contributed by atoms with Crippen LogP contribution >= 0.6 is 0 Å². The lowest BCUT2D eigenvalue weighted by molar-refractivity contribution is 0.0175. The lowest BCUT2D eigenvalue weighted by atomic mass is 10.0. The zero-order valence-corrected chi connectivity index (χ0v) is 17.5. The number of nitriles is 1. The number of rotatable bonds is 6. The van der Waals surface area contributed by atoms with Crippen LogP contribution in [-0.2, 0) is 5.92 Å². The van der Waals surface area contributed by atoms with E-state index in [1.165, 1.54) is 12.1 Å². The fourth-order valence-corrected chi connectivity index (χ4v) is 3.12. The number of piperazine rings is 1. The van der Waals surface area contributed by atoms with Gasteiger partial charge in [-0.05, 0) is 32.9 Å². The SMILES string of the molecule is C=C(Nc1ccc(C(C)(F)F)cc1)C(=N/C=C\C)N1CCN(C(C)(C)C#N)CC1. The number of aliphatic imine (C=N–C) groups is 1. The average molecular weight is 402 g/mol. The average Bonchev–Trinajstić information content (AvgIpc) is 2.68. The third kappa shape index (κ3) is 5.88. The van der Waals surface area contributed by atoms with Gasteiger partial charge < -0.3 is 10.2 Å². The highest BCUT2D eigenvalue weighted by Crippen LogP contribution is 2.28. The maximum Gasteiger partial charge on any atom is 0.270 e. The third-order valence-corrected chi connectivity index (χ3v) is 4.95. The summed E-state index contributed by atoms with van der Waals surface area (Å²) in [5.74, 6) is -2.17. The van der Waals surface area contributed by atoms with Gasteiger partial charge in [0.1, 0.15) is 5.54 Å². The van der Waals surface area contributed by atoms with E-state index in [2.05, 4.69) is 32.8 Å². The monoisotopic (exact) mass is 401 g/mol. The predicted molar refractivity (Wildman–Crippen MR) is 114 cm³/mol.